The van der Waals surface area contributed by atoms with E-state index in [0.29, 0.717) is 5.56 Å². The summed E-state index contributed by atoms with van der Waals surface area (Å²) >= 11 is 3.42. The van der Waals surface area contributed by atoms with E-state index >= 15 is 0 Å². The van der Waals surface area contributed by atoms with Gasteiger partial charge in [-0.1, -0.05) is 41.1 Å². The van der Waals surface area contributed by atoms with Crippen LogP contribution in [0.3, 0.4) is 0 Å². The minimum absolute atomic E-state index is 0.284. The normalized spacial score (nSPS) is 12.4. The molecule has 0 amide bonds. The third-order valence-corrected chi connectivity index (χ3v) is 3.55. The summed E-state index contributed by atoms with van der Waals surface area (Å²) in [7, 11) is 0. The first kappa shape index (κ1) is 15.1. The molecule has 1 atom stereocenters. The zero-order valence-corrected chi connectivity index (χ0v) is 12.8. The number of nitrogens with one attached hydrogen (secondary N) is 1. The van der Waals surface area contributed by atoms with Crippen molar-refractivity contribution in [2.24, 2.45) is 0 Å². The fraction of sp³-hybridized carbons (Fsp3) is 0.250. The number of hydrogen-bond donors (Lipinski definition) is 1. The predicted octanol–water partition coefficient (Wildman–Crippen LogP) is 4.82. The Morgan fingerprint density at radius 2 is 1.95 bits per heavy atom. The fourth-order valence-corrected chi connectivity index (χ4v) is 2.53. The summed E-state index contributed by atoms with van der Waals surface area (Å²) in [5.74, 6) is -1.09. The van der Waals surface area contributed by atoms with Gasteiger partial charge >= 0.3 is 0 Å². The molecular formula is C16H16BrF2N. The summed E-state index contributed by atoms with van der Waals surface area (Å²) in [6, 6.07) is 11.1. The van der Waals surface area contributed by atoms with Crippen LogP contribution in [0.1, 0.15) is 30.5 Å². The lowest BCUT2D eigenvalue weighted by Gasteiger charge is -2.20. The van der Waals surface area contributed by atoms with Gasteiger partial charge in [0.25, 0.3) is 0 Å². The highest BCUT2D eigenvalue weighted by atomic mass is 79.9. The zero-order valence-electron chi connectivity index (χ0n) is 11.2. The van der Waals surface area contributed by atoms with Crippen LogP contribution in [0.4, 0.5) is 8.78 Å². The van der Waals surface area contributed by atoms with Gasteiger partial charge in [0.1, 0.15) is 11.6 Å². The number of rotatable bonds is 5. The Kier molecular flexibility index (Phi) is 5.26. The van der Waals surface area contributed by atoms with Crippen LogP contribution in [0.15, 0.2) is 46.9 Å². The number of halogens is 3. The van der Waals surface area contributed by atoms with Crippen molar-refractivity contribution < 1.29 is 8.78 Å². The van der Waals surface area contributed by atoms with Crippen molar-refractivity contribution >= 4 is 15.9 Å². The van der Waals surface area contributed by atoms with Gasteiger partial charge in [0, 0.05) is 16.1 Å². The van der Waals surface area contributed by atoms with Gasteiger partial charge < -0.3 is 5.32 Å². The largest absolute Gasteiger partial charge is 0.306 e. The van der Waals surface area contributed by atoms with Crippen molar-refractivity contribution in [3.05, 3.63) is 69.7 Å². The molecule has 1 unspecified atom stereocenters. The molecule has 0 radical (unpaired) electrons. The lowest BCUT2D eigenvalue weighted by Crippen LogP contribution is -2.24. The van der Waals surface area contributed by atoms with Crippen molar-refractivity contribution in [2.75, 3.05) is 6.54 Å². The maximum Gasteiger partial charge on any atom is 0.131 e. The second-order valence-corrected chi connectivity index (χ2v) is 5.52. The van der Waals surface area contributed by atoms with E-state index in [2.05, 4.69) is 21.2 Å². The summed E-state index contributed by atoms with van der Waals surface area (Å²) < 4.78 is 28.0. The van der Waals surface area contributed by atoms with E-state index < -0.39 is 11.6 Å². The third-order valence-electron chi connectivity index (χ3n) is 3.05. The molecule has 106 valence electrons. The number of hydrogen-bond acceptors (Lipinski definition) is 1. The molecule has 0 aliphatic carbocycles. The molecule has 0 fully saturated rings. The highest BCUT2D eigenvalue weighted by Crippen LogP contribution is 2.27. The van der Waals surface area contributed by atoms with Gasteiger partial charge in [-0.2, -0.15) is 0 Å². The van der Waals surface area contributed by atoms with Crippen LogP contribution in [0.2, 0.25) is 0 Å². The molecule has 0 aliphatic rings. The second kappa shape index (κ2) is 6.95. The molecule has 1 N–H and O–H groups in total. The first-order chi connectivity index (χ1) is 9.61. The molecule has 20 heavy (non-hydrogen) atoms. The Morgan fingerprint density at radius 3 is 2.60 bits per heavy atom. The molecular weight excluding hydrogens is 324 g/mol. The van der Waals surface area contributed by atoms with Crippen molar-refractivity contribution in [3.63, 3.8) is 0 Å². The van der Waals surface area contributed by atoms with E-state index in [1.807, 2.05) is 31.2 Å². The molecule has 0 spiro atoms. The first-order valence-electron chi connectivity index (χ1n) is 6.55. The van der Waals surface area contributed by atoms with Crippen LogP contribution >= 0.6 is 15.9 Å². The van der Waals surface area contributed by atoms with E-state index in [4.69, 9.17) is 0 Å². The average molecular weight is 340 g/mol. The minimum Gasteiger partial charge on any atom is -0.306 e. The van der Waals surface area contributed by atoms with Gasteiger partial charge in [-0.25, -0.2) is 8.78 Å². The average Bonchev–Trinajstić information content (AvgIpc) is 2.41. The summed E-state index contributed by atoms with van der Waals surface area (Å²) in [6.45, 7) is 2.81. The molecule has 0 saturated heterocycles. The van der Waals surface area contributed by atoms with Crippen LogP contribution in [0.5, 0.6) is 0 Å². The van der Waals surface area contributed by atoms with E-state index in [9.17, 15) is 8.78 Å². The predicted molar refractivity (Wildman–Crippen MR) is 80.6 cm³/mol. The van der Waals surface area contributed by atoms with Crippen LogP contribution in [-0.2, 0) is 0 Å². The third kappa shape index (κ3) is 3.64. The second-order valence-electron chi connectivity index (χ2n) is 4.61. The van der Waals surface area contributed by atoms with Gasteiger partial charge in [-0.15, -0.1) is 0 Å². The Morgan fingerprint density at radius 1 is 1.15 bits per heavy atom. The Hall–Kier alpha value is -1.26. The molecule has 1 nitrogen and oxygen atoms in total. The fourth-order valence-electron chi connectivity index (χ4n) is 2.12. The Labute approximate surface area is 126 Å². The van der Waals surface area contributed by atoms with Crippen molar-refractivity contribution in [1.29, 1.82) is 0 Å². The van der Waals surface area contributed by atoms with Crippen molar-refractivity contribution in [1.82, 2.24) is 5.32 Å². The van der Waals surface area contributed by atoms with E-state index in [0.717, 1.165) is 29.1 Å². The quantitative estimate of drug-likeness (QED) is 0.823. The summed E-state index contributed by atoms with van der Waals surface area (Å²) in [6.07, 6.45) is 0.938. The van der Waals surface area contributed by atoms with Gasteiger partial charge in [-0.3, -0.25) is 0 Å². The van der Waals surface area contributed by atoms with Crippen LogP contribution < -0.4 is 5.32 Å². The monoisotopic (exact) mass is 339 g/mol. The Balaban J connectivity index is 2.41. The van der Waals surface area contributed by atoms with Crippen LogP contribution in [-0.4, -0.2) is 6.54 Å². The highest BCUT2D eigenvalue weighted by molar-refractivity contribution is 9.10. The van der Waals surface area contributed by atoms with E-state index in [1.165, 1.54) is 12.1 Å². The lowest BCUT2D eigenvalue weighted by atomic mass is 9.98. The van der Waals surface area contributed by atoms with Crippen LogP contribution in [0.25, 0.3) is 0 Å². The first-order valence-corrected chi connectivity index (χ1v) is 7.35. The number of benzene rings is 2. The lowest BCUT2D eigenvalue weighted by molar-refractivity contribution is 0.532. The SMILES string of the molecule is CCCNC(c1cccc(Br)c1)c1ccc(F)cc1F. The molecule has 0 bridgehead atoms. The summed E-state index contributed by atoms with van der Waals surface area (Å²) in [5.41, 5.74) is 1.40. The molecule has 4 heteroatoms. The van der Waals surface area contributed by atoms with Crippen molar-refractivity contribution in [2.45, 2.75) is 19.4 Å². The molecule has 2 aromatic rings. The standard InChI is InChI=1S/C16H16BrF2N/c1-2-8-20-16(11-4-3-5-12(17)9-11)14-7-6-13(18)10-15(14)19/h3-7,9-10,16,20H,2,8H2,1H3. The summed E-state index contributed by atoms with van der Waals surface area (Å²) in [5, 5.41) is 3.31. The summed E-state index contributed by atoms with van der Waals surface area (Å²) in [4.78, 5) is 0. The minimum atomic E-state index is -0.560. The van der Waals surface area contributed by atoms with Crippen molar-refractivity contribution in [3.8, 4) is 0 Å². The van der Waals surface area contributed by atoms with Gasteiger partial charge in [0.15, 0.2) is 0 Å². The van der Waals surface area contributed by atoms with Crippen LogP contribution in [0, 0.1) is 11.6 Å². The van der Waals surface area contributed by atoms with Gasteiger partial charge in [0.2, 0.25) is 0 Å². The van der Waals surface area contributed by atoms with E-state index in [-0.39, 0.29) is 6.04 Å². The maximum atomic E-state index is 14.0. The topological polar surface area (TPSA) is 12.0 Å². The molecule has 0 aromatic heterocycles. The maximum absolute atomic E-state index is 14.0. The highest BCUT2D eigenvalue weighted by Gasteiger charge is 2.17. The van der Waals surface area contributed by atoms with E-state index in [1.54, 1.807) is 0 Å². The molecule has 0 heterocycles. The molecule has 0 saturated carbocycles. The van der Waals surface area contributed by atoms with Gasteiger partial charge in [-0.05, 0) is 36.7 Å². The molecule has 2 rings (SSSR count). The molecule has 0 aliphatic heterocycles. The van der Waals surface area contributed by atoms with Gasteiger partial charge in [0.05, 0.1) is 6.04 Å². The molecule has 2 aromatic carbocycles. The zero-order chi connectivity index (χ0) is 14.5. The smallest absolute Gasteiger partial charge is 0.131 e. The Bertz CT molecular complexity index is 586.